The summed E-state index contributed by atoms with van der Waals surface area (Å²) in [5.41, 5.74) is 13.1. The van der Waals surface area contributed by atoms with Gasteiger partial charge < -0.3 is 13.7 Å². The van der Waals surface area contributed by atoms with Crippen molar-refractivity contribution in [3.05, 3.63) is 200 Å². The summed E-state index contributed by atoms with van der Waals surface area (Å²) in [6, 6.07) is 73.3. The monoisotopic (exact) mass is 699 g/mol. The molecule has 12 aromatic rings. The summed E-state index contributed by atoms with van der Waals surface area (Å²) < 4.78 is 7.23. The molecular weight excluding hydrogens is 667 g/mol. The number of fused-ring (bicyclic) bond motifs is 10. The number of hydrogen-bond donors (Lipinski definition) is 0. The van der Waals surface area contributed by atoms with Gasteiger partial charge in [-0.2, -0.15) is 0 Å². The predicted molar refractivity (Wildman–Crippen MR) is 232 cm³/mol. The zero-order chi connectivity index (χ0) is 36.0. The highest BCUT2D eigenvalue weighted by atomic mass is 15.0. The van der Waals surface area contributed by atoms with Crippen LogP contribution in [0.5, 0.6) is 0 Å². The highest BCUT2D eigenvalue weighted by Crippen LogP contribution is 2.40. The maximum atomic E-state index is 2.42. The average Bonchev–Trinajstić information content (AvgIpc) is 3.89. The second-order valence-corrected chi connectivity index (χ2v) is 14.6. The van der Waals surface area contributed by atoms with Crippen molar-refractivity contribution < 1.29 is 0 Å². The first-order valence-electron chi connectivity index (χ1n) is 18.9. The molecule has 0 aliphatic rings. The van der Waals surface area contributed by atoms with Crippen LogP contribution in [0.25, 0.3) is 104 Å². The van der Waals surface area contributed by atoms with E-state index in [0.717, 1.165) is 11.4 Å². The van der Waals surface area contributed by atoms with Crippen LogP contribution in [-0.4, -0.2) is 13.7 Å². The Bertz CT molecular complexity index is 3430. The van der Waals surface area contributed by atoms with Gasteiger partial charge in [-0.15, -0.1) is 0 Å². The summed E-state index contributed by atoms with van der Waals surface area (Å²) in [4.78, 5) is 0. The van der Waals surface area contributed by atoms with E-state index >= 15 is 0 Å². The van der Waals surface area contributed by atoms with Crippen molar-refractivity contribution in [3.8, 4) is 28.2 Å². The molecule has 0 amide bonds. The van der Waals surface area contributed by atoms with Crippen LogP contribution in [0.1, 0.15) is 0 Å². The molecule has 3 aromatic heterocycles. The summed E-state index contributed by atoms with van der Waals surface area (Å²) in [6.45, 7) is 0. The summed E-state index contributed by atoms with van der Waals surface area (Å²) in [7, 11) is 0. The third-order valence-electron chi connectivity index (χ3n) is 11.6. The highest BCUT2D eigenvalue weighted by molar-refractivity contribution is 6.14. The number of aromatic nitrogens is 3. The van der Waals surface area contributed by atoms with Crippen molar-refractivity contribution >= 4 is 76.2 Å². The number of hydrogen-bond acceptors (Lipinski definition) is 0. The van der Waals surface area contributed by atoms with E-state index in [4.69, 9.17) is 0 Å². The minimum Gasteiger partial charge on any atom is -0.309 e. The zero-order valence-electron chi connectivity index (χ0n) is 29.9. The Balaban J connectivity index is 1.08. The fraction of sp³-hybridized carbons (Fsp3) is 0. The Morgan fingerprint density at radius 2 is 0.618 bits per heavy atom. The first-order chi connectivity index (χ1) is 27.3. The van der Waals surface area contributed by atoms with Gasteiger partial charge in [0.05, 0.1) is 33.1 Å². The second-order valence-electron chi connectivity index (χ2n) is 14.6. The molecule has 0 aliphatic carbocycles. The van der Waals surface area contributed by atoms with Crippen molar-refractivity contribution in [2.75, 3.05) is 0 Å². The molecule has 0 atom stereocenters. The fourth-order valence-electron chi connectivity index (χ4n) is 9.13. The zero-order valence-corrected chi connectivity index (χ0v) is 29.9. The van der Waals surface area contributed by atoms with Crippen LogP contribution in [0, 0.1) is 0 Å². The van der Waals surface area contributed by atoms with E-state index in [1.54, 1.807) is 0 Å². The lowest BCUT2D eigenvalue weighted by molar-refractivity contribution is 1.17. The molecule has 3 heteroatoms. The van der Waals surface area contributed by atoms with Gasteiger partial charge in [-0.25, -0.2) is 0 Å². The topological polar surface area (TPSA) is 14.8 Å². The van der Waals surface area contributed by atoms with Gasteiger partial charge in [0, 0.05) is 49.4 Å². The molecule has 0 aliphatic heterocycles. The Morgan fingerprint density at radius 3 is 1.24 bits per heavy atom. The molecule has 0 fully saturated rings. The van der Waals surface area contributed by atoms with Crippen molar-refractivity contribution in [3.63, 3.8) is 0 Å². The normalized spacial score (nSPS) is 12.0. The molecule has 3 nitrogen and oxygen atoms in total. The Hall–Kier alpha value is -7.36. The quantitative estimate of drug-likeness (QED) is 0.174. The molecule has 9 aromatic carbocycles. The van der Waals surface area contributed by atoms with Gasteiger partial charge in [0.25, 0.3) is 0 Å². The van der Waals surface area contributed by atoms with Crippen molar-refractivity contribution in [1.82, 2.24) is 13.7 Å². The molecule has 0 unspecified atom stereocenters. The highest BCUT2D eigenvalue weighted by Gasteiger charge is 2.18. The lowest BCUT2D eigenvalue weighted by Gasteiger charge is -2.10. The second kappa shape index (κ2) is 11.6. The standard InChI is InChI=1S/C52H33N3/c1-2-14-38(15-3-1)53-51-28-24-37(32-45(51)46-33-40(26-29-52(46)53)55-47-19-9-6-16-41(47)42-17-7-10-20-48(42)55)36-23-27-50-44(31-36)43-18-8-11-21-49(43)54(50)39-25-22-34-12-4-5-13-35(34)30-39/h1-33H. The third-order valence-corrected chi connectivity index (χ3v) is 11.6. The first kappa shape index (κ1) is 30.1. The van der Waals surface area contributed by atoms with Gasteiger partial charge in [-0.1, -0.05) is 115 Å². The molecule has 0 saturated heterocycles. The first-order valence-corrected chi connectivity index (χ1v) is 18.9. The fourth-order valence-corrected chi connectivity index (χ4v) is 9.13. The molecule has 12 rings (SSSR count). The molecular formula is C52H33N3. The lowest BCUT2D eigenvalue weighted by Crippen LogP contribution is -1.95. The van der Waals surface area contributed by atoms with Gasteiger partial charge in [0.2, 0.25) is 0 Å². The van der Waals surface area contributed by atoms with E-state index in [0.29, 0.717) is 0 Å². The van der Waals surface area contributed by atoms with E-state index in [2.05, 4.69) is 214 Å². The molecule has 256 valence electrons. The van der Waals surface area contributed by atoms with Crippen LogP contribution >= 0.6 is 0 Å². The van der Waals surface area contributed by atoms with Gasteiger partial charge in [-0.3, -0.25) is 0 Å². The minimum absolute atomic E-state index is 1.16. The predicted octanol–water partition coefficient (Wildman–Crippen LogP) is 13.8. The van der Waals surface area contributed by atoms with E-state index in [9.17, 15) is 0 Å². The van der Waals surface area contributed by atoms with Gasteiger partial charge >= 0.3 is 0 Å². The van der Waals surface area contributed by atoms with E-state index in [-0.39, 0.29) is 0 Å². The number of para-hydroxylation sites is 4. The van der Waals surface area contributed by atoms with Crippen LogP contribution in [0.4, 0.5) is 0 Å². The van der Waals surface area contributed by atoms with E-state index in [1.165, 1.54) is 93.0 Å². The van der Waals surface area contributed by atoms with Crippen LogP contribution in [0.2, 0.25) is 0 Å². The Morgan fingerprint density at radius 1 is 0.218 bits per heavy atom. The Kier molecular flexibility index (Phi) is 6.34. The van der Waals surface area contributed by atoms with Crippen molar-refractivity contribution in [1.29, 1.82) is 0 Å². The third kappa shape index (κ3) is 4.44. The van der Waals surface area contributed by atoms with Crippen molar-refractivity contribution in [2.24, 2.45) is 0 Å². The number of nitrogens with zero attached hydrogens (tertiary/aromatic N) is 3. The van der Waals surface area contributed by atoms with E-state index in [1.807, 2.05) is 0 Å². The number of benzene rings is 9. The SMILES string of the molecule is c1ccc(-n2c3ccc(-c4ccc5c(c4)c4ccccc4n5-c4ccc5ccccc5c4)cc3c3cc(-n4c5ccccc5c5ccccc54)ccc32)cc1. The largest absolute Gasteiger partial charge is 0.309 e. The summed E-state index contributed by atoms with van der Waals surface area (Å²) in [5.74, 6) is 0. The summed E-state index contributed by atoms with van der Waals surface area (Å²) in [5, 5.41) is 10.00. The van der Waals surface area contributed by atoms with Gasteiger partial charge in [0.15, 0.2) is 0 Å². The minimum atomic E-state index is 1.16. The van der Waals surface area contributed by atoms with Crippen LogP contribution in [-0.2, 0) is 0 Å². The molecule has 0 bridgehead atoms. The van der Waals surface area contributed by atoms with E-state index < -0.39 is 0 Å². The maximum absolute atomic E-state index is 2.42. The molecule has 0 radical (unpaired) electrons. The summed E-state index contributed by atoms with van der Waals surface area (Å²) >= 11 is 0. The van der Waals surface area contributed by atoms with Crippen LogP contribution in [0.3, 0.4) is 0 Å². The molecule has 55 heavy (non-hydrogen) atoms. The Labute approximate surface area is 317 Å². The summed E-state index contributed by atoms with van der Waals surface area (Å²) in [6.07, 6.45) is 0. The molecule has 3 heterocycles. The van der Waals surface area contributed by atoms with Gasteiger partial charge in [0.1, 0.15) is 0 Å². The van der Waals surface area contributed by atoms with Gasteiger partial charge in [-0.05, 0) is 107 Å². The van der Waals surface area contributed by atoms with Crippen molar-refractivity contribution in [2.45, 2.75) is 0 Å². The van der Waals surface area contributed by atoms with Crippen LogP contribution < -0.4 is 0 Å². The number of rotatable bonds is 4. The molecule has 0 N–H and O–H groups in total. The average molecular weight is 700 g/mol. The smallest absolute Gasteiger partial charge is 0.0542 e. The molecule has 0 spiro atoms. The molecule has 0 saturated carbocycles. The lowest BCUT2D eigenvalue weighted by atomic mass is 10.0. The van der Waals surface area contributed by atoms with Crippen LogP contribution in [0.15, 0.2) is 200 Å². The maximum Gasteiger partial charge on any atom is 0.0542 e.